The predicted molar refractivity (Wildman–Crippen MR) is 76.7 cm³/mol. The smallest absolute Gasteiger partial charge is 0.0653 e. The summed E-state index contributed by atoms with van der Waals surface area (Å²) in [5.41, 5.74) is 3.51. The SMILES string of the molecule is C=C(/C(Cl)=C\C=C/C)c1ccc(C(=C)C)nc1. The summed E-state index contributed by atoms with van der Waals surface area (Å²) in [7, 11) is 0. The van der Waals surface area contributed by atoms with E-state index in [4.69, 9.17) is 11.6 Å². The maximum Gasteiger partial charge on any atom is 0.0653 e. The Labute approximate surface area is 108 Å². The largest absolute Gasteiger partial charge is 0.256 e. The Morgan fingerprint density at radius 1 is 1.35 bits per heavy atom. The second-order valence-corrected chi connectivity index (χ2v) is 4.14. The van der Waals surface area contributed by atoms with Crippen LogP contribution in [0.25, 0.3) is 11.1 Å². The molecule has 0 saturated carbocycles. The van der Waals surface area contributed by atoms with Crippen LogP contribution in [0.15, 0.2) is 54.7 Å². The maximum atomic E-state index is 6.11. The first-order valence-corrected chi connectivity index (χ1v) is 5.74. The highest BCUT2D eigenvalue weighted by atomic mass is 35.5. The Balaban J connectivity index is 2.94. The molecule has 0 N–H and O–H groups in total. The number of hydrogen-bond donors (Lipinski definition) is 0. The van der Waals surface area contributed by atoms with Gasteiger partial charge < -0.3 is 0 Å². The van der Waals surface area contributed by atoms with Gasteiger partial charge in [-0.15, -0.1) is 0 Å². The molecule has 0 aromatic carbocycles. The average molecular weight is 246 g/mol. The highest BCUT2D eigenvalue weighted by molar-refractivity contribution is 6.36. The Hall–Kier alpha value is -1.60. The summed E-state index contributed by atoms with van der Waals surface area (Å²) in [6.07, 6.45) is 7.37. The fourth-order valence-corrected chi connectivity index (χ4v) is 1.43. The van der Waals surface area contributed by atoms with E-state index in [1.54, 1.807) is 6.20 Å². The second-order valence-electron chi connectivity index (χ2n) is 3.73. The van der Waals surface area contributed by atoms with Gasteiger partial charge in [0.2, 0.25) is 0 Å². The highest BCUT2D eigenvalue weighted by Gasteiger charge is 2.03. The molecule has 1 heterocycles. The molecular formula is C15H16ClN. The molecule has 0 saturated heterocycles. The van der Waals surface area contributed by atoms with Crippen molar-refractivity contribution < 1.29 is 0 Å². The van der Waals surface area contributed by atoms with E-state index in [1.165, 1.54) is 0 Å². The summed E-state index contributed by atoms with van der Waals surface area (Å²) in [6, 6.07) is 3.87. The minimum Gasteiger partial charge on any atom is -0.256 e. The highest BCUT2D eigenvalue weighted by Crippen LogP contribution is 2.24. The number of halogens is 1. The van der Waals surface area contributed by atoms with Crippen molar-refractivity contribution in [3.8, 4) is 0 Å². The van der Waals surface area contributed by atoms with Gasteiger partial charge >= 0.3 is 0 Å². The first-order valence-electron chi connectivity index (χ1n) is 5.36. The van der Waals surface area contributed by atoms with Gasteiger partial charge in [-0.05, 0) is 37.1 Å². The zero-order valence-electron chi connectivity index (χ0n) is 10.2. The lowest BCUT2D eigenvalue weighted by Crippen LogP contribution is -1.89. The van der Waals surface area contributed by atoms with Crippen molar-refractivity contribution in [2.24, 2.45) is 0 Å². The fraction of sp³-hybridized carbons (Fsp3) is 0.133. The van der Waals surface area contributed by atoms with Gasteiger partial charge in [0, 0.05) is 16.8 Å². The predicted octanol–water partition coefficient (Wildman–Crippen LogP) is 4.83. The zero-order chi connectivity index (χ0) is 12.8. The third-order valence-corrected chi connectivity index (χ3v) is 2.63. The molecule has 0 radical (unpaired) electrons. The van der Waals surface area contributed by atoms with Crippen LogP contribution in [0, 0.1) is 0 Å². The van der Waals surface area contributed by atoms with Gasteiger partial charge in [0.05, 0.1) is 5.69 Å². The summed E-state index contributed by atoms with van der Waals surface area (Å²) in [6.45, 7) is 11.7. The van der Waals surface area contributed by atoms with E-state index in [0.717, 1.165) is 22.4 Å². The number of aromatic nitrogens is 1. The first kappa shape index (κ1) is 13.5. The Morgan fingerprint density at radius 2 is 2.06 bits per heavy atom. The monoisotopic (exact) mass is 245 g/mol. The first-order chi connectivity index (χ1) is 8.06. The summed E-state index contributed by atoms with van der Waals surface area (Å²) < 4.78 is 0. The van der Waals surface area contributed by atoms with Gasteiger partial charge in [-0.2, -0.15) is 0 Å². The Morgan fingerprint density at radius 3 is 2.53 bits per heavy atom. The minimum atomic E-state index is 0.618. The minimum absolute atomic E-state index is 0.618. The van der Waals surface area contributed by atoms with Crippen molar-refractivity contribution in [3.63, 3.8) is 0 Å². The van der Waals surface area contributed by atoms with Crippen molar-refractivity contribution in [2.45, 2.75) is 13.8 Å². The lowest BCUT2D eigenvalue weighted by molar-refractivity contribution is 1.26. The number of rotatable bonds is 4. The third kappa shape index (κ3) is 3.72. The molecular weight excluding hydrogens is 230 g/mol. The molecule has 17 heavy (non-hydrogen) atoms. The normalized spacial score (nSPS) is 11.8. The van der Waals surface area contributed by atoms with Gasteiger partial charge in [-0.3, -0.25) is 4.98 Å². The van der Waals surface area contributed by atoms with Crippen molar-refractivity contribution in [1.29, 1.82) is 0 Å². The molecule has 1 rings (SSSR count). The van der Waals surface area contributed by atoms with E-state index >= 15 is 0 Å². The standard InChI is InChI=1S/C15H16ClN/c1-5-6-7-14(16)12(4)13-8-9-15(11(2)3)17-10-13/h5-10H,2,4H2,1,3H3/b6-5-,14-7+. The van der Waals surface area contributed by atoms with Gasteiger partial charge in [-0.25, -0.2) is 0 Å². The molecule has 0 spiro atoms. The van der Waals surface area contributed by atoms with E-state index in [-0.39, 0.29) is 0 Å². The van der Waals surface area contributed by atoms with Gasteiger partial charge in [-0.1, -0.05) is 43.0 Å². The molecule has 0 amide bonds. The van der Waals surface area contributed by atoms with Gasteiger partial charge in [0.15, 0.2) is 0 Å². The van der Waals surface area contributed by atoms with Crippen LogP contribution in [-0.4, -0.2) is 4.98 Å². The van der Waals surface area contributed by atoms with Crippen LogP contribution in [0.4, 0.5) is 0 Å². The Kier molecular flexibility index (Phi) is 4.92. The second kappa shape index (κ2) is 6.21. The van der Waals surface area contributed by atoms with Gasteiger partial charge in [0.25, 0.3) is 0 Å². The lowest BCUT2D eigenvalue weighted by Gasteiger charge is -2.05. The van der Waals surface area contributed by atoms with Crippen molar-refractivity contribution in [2.75, 3.05) is 0 Å². The van der Waals surface area contributed by atoms with E-state index in [1.807, 2.05) is 44.2 Å². The molecule has 0 unspecified atom stereocenters. The van der Waals surface area contributed by atoms with Crippen LogP contribution in [0.5, 0.6) is 0 Å². The molecule has 0 aliphatic heterocycles. The van der Waals surface area contributed by atoms with E-state index in [2.05, 4.69) is 18.1 Å². The van der Waals surface area contributed by atoms with Crippen LogP contribution >= 0.6 is 11.6 Å². The third-order valence-electron chi connectivity index (χ3n) is 2.27. The fourth-order valence-electron chi connectivity index (χ4n) is 1.24. The quantitative estimate of drug-likeness (QED) is 0.693. The number of pyridine rings is 1. The van der Waals surface area contributed by atoms with Crippen LogP contribution in [-0.2, 0) is 0 Å². The summed E-state index contributed by atoms with van der Waals surface area (Å²) >= 11 is 6.11. The van der Waals surface area contributed by atoms with Crippen molar-refractivity contribution in [3.05, 3.63) is 66.0 Å². The molecule has 1 aromatic heterocycles. The van der Waals surface area contributed by atoms with E-state index in [0.29, 0.717) is 5.03 Å². The molecule has 88 valence electrons. The van der Waals surface area contributed by atoms with Crippen LogP contribution < -0.4 is 0 Å². The number of nitrogens with zero attached hydrogens (tertiary/aromatic N) is 1. The summed E-state index contributed by atoms with van der Waals surface area (Å²) in [4.78, 5) is 4.30. The molecule has 0 fully saturated rings. The molecule has 0 atom stereocenters. The lowest BCUT2D eigenvalue weighted by atomic mass is 10.1. The van der Waals surface area contributed by atoms with E-state index in [9.17, 15) is 0 Å². The van der Waals surface area contributed by atoms with Crippen LogP contribution in [0.3, 0.4) is 0 Å². The zero-order valence-corrected chi connectivity index (χ0v) is 11.0. The molecule has 0 bridgehead atoms. The molecule has 2 heteroatoms. The van der Waals surface area contributed by atoms with Crippen LogP contribution in [0.2, 0.25) is 0 Å². The van der Waals surface area contributed by atoms with Crippen molar-refractivity contribution >= 4 is 22.7 Å². The number of allylic oxidation sites excluding steroid dienone is 6. The molecule has 1 aromatic rings. The average Bonchev–Trinajstić information content (AvgIpc) is 2.35. The van der Waals surface area contributed by atoms with Crippen molar-refractivity contribution in [1.82, 2.24) is 4.98 Å². The topological polar surface area (TPSA) is 12.9 Å². The summed E-state index contributed by atoms with van der Waals surface area (Å²) in [5, 5.41) is 0.618. The molecule has 0 aliphatic carbocycles. The van der Waals surface area contributed by atoms with E-state index < -0.39 is 0 Å². The Bertz CT molecular complexity index is 478. The number of hydrogen-bond acceptors (Lipinski definition) is 1. The van der Waals surface area contributed by atoms with Gasteiger partial charge in [0.1, 0.15) is 0 Å². The molecule has 0 aliphatic rings. The molecule has 1 nitrogen and oxygen atoms in total. The van der Waals surface area contributed by atoms with Crippen LogP contribution in [0.1, 0.15) is 25.1 Å². The maximum absolute atomic E-state index is 6.11. The summed E-state index contributed by atoms with van der Waals surface area (Å²) in [5.74, 6) is 0.